The Morgan fingerprint density at radius 1 is 1.14 bits per heavy atom. The highest BCUT2D eigenvalue weighted by atomic mass is 35.5. The average Bonchev–Trinajstić information content (AvgIpc) is 2.48. The standard InChI is InChI=1S/C16H24F2N2.2ClH/c1-2-3-4-5-16(20-10-8-19-9-11-20)14-12-13(17)6-7-15(14)18;;/h6-7,12,16,19H,2-5,8-11H2,1H3;2*1H/t16-;;/m1../s1. The SMILES string of the molecule is CCCCC[C@H](c1cc(F)ccc1F)N1CCNCC1.Cl.Cl. The molecule has 1 aliphatic rings. The first-order valence-corrected chi connectivity index (χ1v) is 7.62. The molecular weight excluding hydrogens is 329 g/mol. The maximum Gasteiger partial charge on any atom is 0.128 e. The van der Waals surface area contributed by atoms with E-state index >= 15 is 0 Å². The van der Waals surface area contributed by atoms with E-state index in [-0.39, 0.29) is 42.5 Å². The van der Waals surface area contributed by atoms with Crippen LogP contribution >= 0.6 is 24.8 Å². The minimum Gasteiger partial charge on any atom is -0.314 e. The number of rotatable bonds is 6. The molecule has 0 amide bonds. The first-order chi connectivity index (χ1) is 9.72. The largest absolute Gasteiger partial charge is 0.314 e. The summed E-state index contributed by atoms with van der Waals surface area (Å²) < 4.78 is 27.5. The van der Waals surface area contributed by atoms with Gasteiger partial charge in [-0.3, -0.25) is 4.90 Å². The van der Waals surface area contributed by atoms with Gasteiger partial charge in [-0.1, -0.05) is 26.2 Å². The van der Waals surface area contributed by atoms with Gasteiger partial charge in [0.15, 0.2) is 0 Å². The summed E-state index contributed by atoms with van der Waals surface area (Å²) in [5, 5.41) is 3.30. The van der Waals surface area contributed by atoms with Gasteiger partial charge in [-0.15, -0.1) is 24.8 Å². The second kappa shape index (κ2) is 11.2. The lowest BCUT2D eigenvalue weighted by atomic mass is 9.97. The molecule has 1 heterocycles. The van der Waals surface area contributed by atoms with Crippen molar-refractivity contribution in [2.24, 2.45) is 0 Å². The van der Waals surface area contributed by atoms with Gasteiger partial charge in [-0.05, 0) is 24.6 Å². The van der Waals surface area contributed by atoms with Gasteiger partial charge in [0.25, 0.3) is 0 Å². The van der Waals surface area contributed by atoms with E-state index < -0.39 is 0 Å². The van der Waals surface area contributed by atoms with Crippen molar-refractivity contribution in [1.82, 2.24) is 10.2 Å². The third kappa shape index (κ3) is 5.99. The predicted octanol–water partition coefficient (Wildman–Crippen LogP) is 4.34. The van der Waals surface area contributed by atoms with Crippen LogP contribution in [0.15, 0.2) is 18.2 Å². The second-order valence-electron chi connectivity index (χ2n) is 5.46. The van der Waals surface area contributed by atoms with E-state index in [0.717, 1.165) is 51.9 Å². The molecule has 1 aromatic carbocycles. The first-order valence-electron chi connectivity index (χ1n) is 7.62. The monoisotopic (exact) mass is 354 g/mol. The molecule has 0 saturated carbocycles. The number of unbranched alkanes of at least 4 members (excludes halogenated alkanes) is 2. The van der Waals surface area contributed by atoms with E-state index in [1.165, 1.54) is 18.2 Å². The Morgan fingerprint density at radius 2 is 1.82 bits per heavy atom. The minimum atomic E-state index is -0.350. The van der Waals surface area contributed by atoms with Crippen molar-refractivity contribution in [2.45, 2.75) is 38.6 Å². The first kappa shape index (κ1) is 21.6. The Balaban J connectivity index is 0.00000220. The molecule has 1 N–H and O–H groups in total. The maximum atomic E-state index is 14.1. The summed E-state index contributed by atoms with van der Waals surface area (Å²) in [5.74, 6) is -0.636. The Morgan fingerprint density at radius 3 is 2.45 bits per heavy atom. The smallest absolute Gasteiger partial charge is 0.128 e. The van der Waals surface area contributed by atoms with Crippen LogP contribution in [0.5, 0.6) is 0 Å². The highest BCUT2D eigenvalue weighted by Crippen LogP contribution is 2.29. The summed E-state index contributed by atoms with van der Waals surface area (Å²) in [5.41, 5.74) is 0.517. The van der Waals surface area contributed by atoms with Crippen molar-refractivity contribution in [2.75, 3.05) is 26.2 Å². The fraction of sp³-hybridized carbons (Fsp3) is 0.625. The fourth-order valence-corrected chi connectivity index (χ4v) is 2.89. The molecule has 0 unspecified atom stereocenters. The summed E-state index contributed by atoms with van der Waals surface area (Å²) in [6, 6.07) is 3.81. The van der Waals surface area contributed by atoms with Crippen molar-refractivity contribution in [3.8, 4) is 0 Å². The van der Waals surface area contributed by atoms with Crippen molar-refractivity contribution < 1.29 is 8.78 Å². The molecule has 1 fully saturated rings. The normalized spacial score (nSPS) is 16.5. The summed E-state index contributed by atoms with van der Waals surface area (Å²) in [6.45, 7) is 5.78. The second-order valence-corrected chi connectivity index (χ2v) is 5.46. The Bertz CT molecular complexity index is 427. The van der Waals surface area contributed by atoms with Crippen LogP contribution in [0, 0.1) is 11.6 Å². The molecule has 2 nitrogen and oxygen atoms in total. The third-order valence-corrected chi connectivity index (χ3v) is 3.99. The Labute approximate surface area is 144 Å². The van der Waals surface area contributed by atoms with Gasteiger partial charge in [0.1, 0.15) is 11.6 Å². The highest BCUT2D eigenvalue weighted by Gasteiger charge is 2.24. The summed E-state index contributed by atoms with van der Waals surface area (Å²) in [7, 11) is 0. The van der Waals surface area contributed by atoms with E-state index in [1.54, 1.807) is 0 Å². The van der Waals surface area contributed by atoms with Gasteiger partial charge >= 0.3 is 0 Å². The van der Waals surface area contributed by atoms with Crippen LogP contribution < -0.4 is 5.32 Å². The molecule has 0 aromatic heterocycles. The van der Waals surface area contributed by atoms with Crippen LogP contribution in [0.25, 0.3) is 0 Å². The van der Waals surface area contributed by atoms with Crippen LogP contribution in [-0.2, 0) is 0 Å². The van der Waals surface area contributed by atoms with Gasteiger partial charge in [0, 0.05) is 37.8 Å². The summed E-state index contributed by atoms with van der Waals surface area (Å²) >= 11 is 0. The zero-order valence-electron chi connectivity index (χ0n) is 13.0. The third-order valence-electron chi connectivity index (χ3n) is 3.99. The van der Waals surface area contributed by atoms with E-state index in [9.17, 15) is 8.78 Å². The van der Waals surface area contributed by atoms with Crippen molar-refractivity contribution in [3.05, 3.63) is 35.4 Å². The lowest BCUT2D eigenvalue weighted by Crippen LogP contribution is -2.45. The topological polar surface area (TPSA) is 15.3 Å². The van der Waals surface area contributed by atoms with Crippen molar-refractivity contribution in [3.63, 3.8) is 0 Å². The number of hydrogen-bond acceptors (Lipinski definition) is 2. The average molecular weight is 355 g/mol. The number of piperazine rings is 1. The Hall–Kier alpha value is -0.420. The molecule has 0 spiro atoms. The summed E-state index contributed by atoms with van der Waals surface area (Å²) in [6.07, 6.45) is 4.23. The van der Waals surface area contributed by atoms with Crippen LogP contribution in [0.2, 0.25) is 0 Å². The molecule has 0 aliphatic carbocycles. The number of nitrogens with zero attached hydrogens (tertiary/aromatic N) is 1. The highest BCUT2D eigenvalue weighted by molar-refractivity contribution is 5.85. The number of halogens is 4. The van der Waals surface area contributed by atoms with Gasteiger partial charge in [0.2, 0.25) is 0 Å². The van der Waals surface area contributed by atoms with Gasteiger partial charge in [-0.2, -0.15) is 0 Å². The molecule has 22 heavy (non-hydrogen) atoms. The summed E-state index contributed by atoms with van der Waals surface area (Å²) in [4.78, 5) is 2.28. The van der Waals surface area contributed by atoms with Crippen LogP contribution in [0.3, 0.4) is 0 Å². The molecule has 128 valence electrons. The van der Waals surface area contributed by atoms with E-state index in [4.69, 9.17) is 0 Å². The lowest BCUT2D eigenvalue weighted by molar-refractivity contribution is 0.159. The molecule has 2 rings (SSSR count). The van der Waals surface area contributed by atoms with E-state index in [0.29, 0.717) is 5.56 Å². The quantitative estimate of drug-likeness (QED) is 0.764. The van der Waals surface area contributed by atoms with Gasteiger partial charge in [0.05, 0.1) is 0 Å². The number of nitrogens with one attached hydrogen (secondary N) is 1. The maximum absolute atomic E-state index is 14.1. The molecule has 1 atom stereocenters. The molecule has 6 heteroatoms. The molecular formula is C16H26Cl2F2N2. The Kier molecular flexibility index (Phi) is 11.0. The van der Waals surface area contributed by atoms with Crippen molar-refractivity contribution in [1.29, 1.82) is 0 Å². The van der Waals surface area contributed by atoms with Gasteiger partial charge in [-0.25, -0.2) is 8.78 Å². The predicted molar refractivity (Wildman–Crippen MR) is 92.2 cm³/mol. The van der Waals surface area contributed by atoms with Crippen molar-refractivity contribution >= 4 is 24.8 Å². The number of benzene rings is 1. The van der Waals surface area contributed by atoms with E-state index in [2.05, 4.69) is 17.1 Å². The molecule has 0 radical (unpaired) electrons. The van der Waals surface area contributed by atoms with Crippen LogP contribution in [-0.4, -0.2) is 31.1 Å². The van der Waals surface area contributed by atoms with Crippen LogP contribution in [0.1, 0.15) is 44.2 Å². The zero-order chi connectivity index (χ0) is 14.4. The lowest BCUT2D eigenvalue weighted by Gasteiger charge is -2.35. The molecule has 1 aliphatic heterocycles. The van der Waals surface area contributed by atoms with E-state index in [1.807, 2.05) is 0 Å². The van der Waals surface area contributed by atoms with Gasteiger partial charge < -0.3 is 5.32 Å². The zero-order valence-corrected chi connectivity index (χ0v) is 14.6. The molecule has 1 saturated heterocycles. The van der Waals surface area contributed by atoms with Crippen LogP contribution in [0.4, 0.5) is 8.78 Å². The minimum absolute atomic E-state index is 0. The number of hydrogen-bond donors (Lipinski definition) is 1. The molecule has 0 bridgehead atoms. The molecule has 1 aromatic rings. The fourth-order valence-electron chi connectivity index (χ4n) is 2.89.